The molecule has 0 saturated heterocycles. The maximum Gasteiger partial charge on any atom is 0.0981 e. The Kier molecular flexibility index (Phi) is 3.97. The van der Waals surface area contributed by atoms with Gasteiger partial charge in [0.1, 0.15) is 0 Å². The third kappa shape index (κ3) is 2.76. The van der Waals surface area contributed by atoms with Gasteiger partial charge in [-0.3, -0.25) is 0 Å². The van der Waals surface area contributed by atoms with E-state index in [0.29, 0.717) is 0 Å². The molecule has 0 radical (unpaired) electrons. The molecular formula is C15H21NO. The second kappa shape index (κ2) is 5.48. The molecule has 2 nitrogen and oxygen atoms in total. The molecule has 0 bridgehead atoms. The average molecular weight is 231 g/mol. The molecular weight excluding hydrogens is 210 g/mol. The number of benzene rings is 1. The van der Waals surface area contributed by atoms with E-state index in [-0.39, 0.29) is 12.1 Å². The van der Waals surface area contributed by atoms with Crippen molar-refractivity contribution in [2.45, 2.75) is 38.3 Å². The predicted octanol–water partition coefficient (Wildman–Crippen LogP) is 2.98. The Balaban J connectivity index is 2.15. The molecule has 0 fully saturated rings. The first kappa shape index (κ1) is 12.3. The van der Waals surface area contributed by atoms with E-state index in [1.165, 1.54) is 16.7 Å². The molecule has 1 aliphatic heterocycles. The van der Waals surface area contributed by atoms with E-state index in [0.717, 1.165) is 25.9 Å². The molecule has 92 valence electrons. The summed E-state index contributed by atoms with van der Waals surface area (Å²) in [4.78, 5) is 0. The fraction of sp³-hybridized carbons (Fsp3) is 0.467. The number of fused-ring (bicyclic) bond motifs is 1. The van der Waals surface area contributed by atoms with Gasteiger partial charge in [-0.25, -0.2) is 0 Å². The minimum atomic E-state index is 0.0175. The lowest BCUT2D eigenvalue weighted by Crippen LogP contribution is -2.34. The zero-order chi connectivity index (χ0) is 12.3. The first-order valence-corrected chi connectivity index (χ1v) is 6.34. The lowest BCUT2D eigenvalue weighted by molar-refractivity contribution is 0.0245. The Morgan fingerprint density at radius 2 is 2.29 bits per heavy atom. The molecule has 0 amide bonds. The SMILES string of the molecule is C=C(CC)CC(N)C1OCCc2ccccc21. The third-order valence-corrected chi connectivity index (χ3v) is 3.44. The molecule has 1 heterocycles. The average Bonchev–Trinajstić information content (AvgIpc) is 2.37. The maximum atomic E-state index is 6.25. The Hall–Kier alpha value is -1.12. The molecule has 2 atom stereocenters. The lowest BCUT2D eigenvalue weighted by atomic mass is 9.90. The summed E-state index contributed by atoms with van der Waals surface area (Å²) in [6.07, 6.45) is 2.86. The normalized spacial score (nSPS) is 20.7. The summed E-state index contributed by atoms with van der Waals surface area (Å²) in [6, 6.07) is 8.46. The highest BCUT2D eigenvalue weighted by atomic mass is 16.5. The topological polar surface area (TPSA) is 35.2 Å². The Bertz CT molecular complexity index is 400. The van der Waals surface area contributed by atoms with Gasteiger partial charge in [-0.2, -0.15) is 0 Å². The standard InChI is InChI=1S/C15H21NO/c1-3-11(2)10-14(16)15-13-7-5-4-6-12(13)8-9-17-15/h4-7,14-15H,2-3,8-10,16H2,1H3. The van der Waals surface area contributed by atoms with Crippen molar-refractivity contribution in [3.8, 4) is 0 Å². The van der Waals surface area contributed by atoms with Gasteiger partial charge < -0.3 is 10.5 Å². The van der Waals surface area contributed by atoms with E-state index in [1.807, 2.05) is 0 Å². The van der Waals surface area contributed by atoms with E-state index in [4.69, 9.17) is 10.5 Å². The van der Waals surface area contributed by atoms with Crippen molar-refractivity contribution >= 4 is 0 Å². The van der Waals surface area contributed by atoms with Gasteiger partial charge in [-0.1, -0.05) is 43.3 Å². The van der Waals surface area contributed by atoms with Gasteiger partial charge in [-0.15, -0.1) is 0 Å². The Morgan fingerprint density at radius 3 is 3.06 bits per heavy atom. The van der Waals surface area contributed by atoms with Crippen molar-refractivity contribution in [1.29, 1.82) is 0 Å². The fourth-order valence-corrected chi connectivity index (χ4v) is 2.36. The van der Waals surface area contributed by atoms with E-state index in [1.54, 1.807) is 0 Å². The molecule has 2 unspecified atom stereocenters. The second-order valence-electron chi connectivity index (χ2n) is 4.71. The highest BCUT2D eigenvalue weighted by Gasteiger charge is 2.26. The summed E-state index contributed by atoms with van der Waals surface area (Å²) in [5, 5.41) is 0. The van der Waals surface area contributed by atoms with Crippen LogP contribution in [0.4, 0.5) is 0 Å². The molecule has 0 aromatic heterocycles. The van der Waals surface area contributed by atoms with Crippen LogP contribution in [0.2, 0.25) is 0 Å². The molecule has 2 N–H and O–H groups in total. The first-order valence-electron chi connectivity index (χ1n) is 6.34. The van der Waals surface area contributed by atoms with E-state index < -0.39 is 0 Å². The number of rotatable bonds is 4. The maximum absolute atomic E-state index is 6.25. The monoisotopic (exact) mass is 231 g/mol. The van der Waals surface area contributed by atoms with Crippen LogP contribution in [0.25, 0.3) is 0 Å². The van der Waals surface area contributed by atoms with Gasteiger partial charge in [0, 0.05) is 6.04 Å². The first-order chi connectivity index (χ1) is 8.22. The van der Waals surface area contributed by atoms with Crippen molar-refractivity contribution in [2.75, 3.05) is 6.61 Å². The van der Waals surface area contributed by atoms with Crippen molar-refractivity contribution in [1.82, 2.24) is 0 Å². The van der Waals surface area contributed by atoms with Gasteiger partial charge >= 0.3 is 0 Å². The van der Waals surface area contributed by atoms with Gasteiger partial charge in [0.25, 0.3) is 0 Å². The van der Waals surface area contributed by atoms with Crippen LogP contribution in [0.1, 0.15) is 37.0 Å². The third-order valence-electron chi connectivity index (χ3n) is 3.44. The molecule has 0 spiro atoms. The van der Waals surface area contributed by atoms with Crippen LogP contribution in [0, 0.1) is 0 Å². The summed E-state index contributed by atoms with van der Waals surface area (Å²) in [5.74, 6) is 0. The van der Waals surface area contributed by atoms with Crippen LogP contribution in [0.3, 0.4) is 0 Å². The summed E-state index contributed by atoms with van der Waals surface area (Å²) in [5.41, 5.74) is 10.1. The quantitative estimate of drug-likeness (QED) is 0.808. The number of hydrogen-bond acceptors (Lipinski definition) is 2. The van der Waals surface area contributed by atoms with Crippen LogP contribution in [-0.4, -0.2) is 12.6 Å². The predicted molar refractivity (Wildman–Crippen MR) is 70.9 cm³/mol. The van der Waals surface area contributed by atoms with Crippen molar-refractivity contribution < 1.29 is 4.74 Å². The largest absolute Gasteiger partial charge is 0.372 e. The summed E-state index contributed by atoms with van der Waals surface area (Å²) >= 11 is 0. The fourth-order valence-electron chi connectivity index (χ4n) is 2.36. The highest BCUT2D eigenvalue weighted by molar-refractivity contribution is 5.32. The van der Waals surface area contributed by atoms with Crippen LogP contribution >= 0.6 is 0 Å². The molecule has 17 heavy (non-hydrogen) atoms. The van der Waals surface area contributed by atoms with Crippen molar-refractivity contribution in [3.63, 3.8) is 0 Å². The van der Waals surface area contributed by atoms with Gasteiger partial charge in [-0.05, 0) is 30.4 Å². The van der Waals surface area contributed by atoms with Crippen molar-refractivity contribution in [3.05, 3.63) is 47.5 Å². The van der Waals surface area contributed by atoms with Crippen LogP contribution < -0.4 is 5.73 Å². The van der Waals surface area contributed by atoms with E-state index in [9.17, 15) is 0 Å². The highest BCUT2D eigenvalue weighted by Crippen LogP contribution is 2.30. The van der Waals surface area contributed by atoms with Crippen molar-refractivity contribution in [2.24, 2.45) is 5.73 Å². The Morgan fingerprint density at radius 1 is 1.53 bits per heavy atom. The summed E-state index contributed by atoms with van der Waals surface area (Å²) < 4.78 is 5.85. The van der Waals surface area contributed by atoms with Crippen LogP contribution in [-0.2, 0) is 11.2 Å². The number of nitrogens with two attached hydrogens (primary N) is 1. The van der Waals surface area contributed by atoms with Gasteiger partial charge in [0.2, 0.25) is 0 Å². The zero-order valence-electron chi connectivity index (χ0n) is 10.5. The minimum absolute atomic E-state index is 0.0175. The smallest absolute Gasteiger partial charge is 0.0981 e. The second-order valence-corrected chi connectivity index (χ2v) is 4.71. The minimum Gasteiger partial charge on any atom is -0.372 e. The number of ether oxygens (including phenoxy) is 1. The van der Waals surface area contributed by atoms with E-state index in [2.05, 4.69) is 37.8 Å². The molecule has 1 aromatic carbocycles. The summed E-state index contributed by atoms with van der Waals surface area (Å²) in [7, 11) is 0. The van der Waals surface area contributed by atoms with E-state index >= 15 is 0 Å². The molecule has 2 rings (SSSR count). The molecule has 1 aliphatic rings. The summed E-state index contributed by atoms with van der Waals surface area (Å²) in [6.45, 7) is 6.92. The molecule has 0 saturated carbocycles. The number of hydrogen-bond donors (Lipinski definition) is 1. The lowest BCUT2D eigenvalue weighted by Gasteiger charge is -2.30. The molecule has 2 heteroatoms. The van der Waals surface area contributed by atoms with Gasteiger partial charge in [0.05, 0.1) is 12.7 Å². The zero-order valence-corrected chi connectivity index (χ0v) is 10.5. The molecule has 1 aromatic rings. The molecule has 0 aliphatic carbocycles. The van der Waals surface area contributed by atoms with Crippen LogP contribution in [0.15, 0.2) is 36.4 Å². The van der Waals surface area contributed by atoms with Gasteiger partial charge in [0.15, 0.2) is 0 Å². The van der Waals surface area contributed by atoms with Crippen LogP contribution in [0.5, 0.6) is 0 Å². The Labute approximate surface area is 103 Å².